The van der Waals surface area contributed by atoms with E-state index in [0.29, 0.717) is 18.7 Å². The molecule has 2 aromatic carbocycles. The number of benzene rings is 2. The van der Waals surface area contributed by atoms with Crippen molar-refractivity contribution in [1.29, 1.82) is 0 Å². The number of hydrogen-bond donors (Lipinski definition) is 0. The van der Waals surface area contributed by atoms with Gasteiger partial charge >= 0.3 is 0 Å². The fraction of sp³-hybridized carbons (Fsp3) is 0.333. The SMILES string of the molecule is CCOc1ccc(C(=O)N2CC(=O)N(c3ccc(C)cc3)C[C@@H]2C)cc1. The monoisotopic (exact) mass is 352 g/mol. The van der Waals surface area contributed by atoms with Gasteiger partial charge in [0.25, 0.3) is 5.91 Å². The Labute approximate surface area is 154 Å². The van der Waals surface area contributed by atoms with E-state index in [4.69, 9.17) is 4.74 Å². The summed E-state index contributed by atoms with van der Waals surface area (Å²) in [5.41, 5.74) is 2.59. The summed E-state index contributed by atoms with van der Waals surface area (Å²) in [5, 5.41) is 0. The molecule has 0 N–H and O–H groups in total. The third kappa shape index (κ3) is 3.72. The maximum atomic E-state index is 12.8. The zero-order valence-corrected chi connectivity index (χ0v) is 15.4. The van der Waals surface area contributed by atoms with Gasteiger partial charge in [-0.3, -0.25) is 9.59 Å². The molecule has 2 aromatic rings. The largest absolute Gasteiger partial charge is 0.494 e. The second kappa shape index (κ2) is 7.60. The van der Waals surface area contributed by atoms with Gasteiger partial charge in [-0.2, -0.15) is 0 Å². The van der Waals surface area contributed by atoms with Crippen LogP contribution in [-0.2, 0) is 4.79 Å². The number of aryl methyl sites for hydroxylation is 1. The Morgan fingerprint density at radius 3 is 2.38 bits per heavy atom. The van der Waals surface area contributed by atoms with E-state index in [2.05, 4.69) is 0 Å². The van der Waals surface area contributed by atoms with Crippen LogP contribution in [0.2, 0.25) is 0 Å². The molecule has 0 radical (unpaired) electrons. The highest BCUT2D eigenvalue weighted by molar-refractivity contribution is 6.02. The van der Waals surface area contributed by atoms with Crippen molar-refractivity contribution in [2.24, 2.45) is 0 Å². The first kappa shape index (κ1) is 18.0. The Morgan fingerprint density at radius 2 is 1.77 bits per heavy atom. The lowest BCUT2D eigenvalue weighted by Crippen LogP contribution is -2.57. The normalized spacial score (nSPS) is 17.3. The van der Waals surface area contributed by atoms with Gasteiger partial charge in [-0.1, -0.05) is 17.7 Å². The predicted octanol–water partition coefficient (Wildman–Crippen LogP) is 3.27. The van der Waals surface area contributed by atoms with Crippen LogP contribution in [0.15, 0.2) is 48.5 Å². The van der Waals surface area contributed by atoms with Gasteiger partial charge in [-0.15, -0.1) is 0 Å². The molecule has 0 unspecified atom stereocenters. The third-order valence-corrected chi connectivity index (χ3v) is 4.60. The van der Waals surface area contributed by atoms with Crippen molar-refractivity contribution >= 4 is 17.5 Å². The predicted molar refractivity (Wildman–Crippen MR) is 102 cm³/mol. The zero-order valence-electron chi connectivity index (χ0n) is 15.4. The van der Waals surface area contributed by atoms with Gasteiger partial charge in [0.1, 0.15) is 12.3 Å². The van der Waals surface area contributed by atoms with Gasteiger partial charge < -0.3 is 14.5 Å². The molecule has 1 saturated heterocycles. The van der Waals surface area contributed by atoms with Crippen molar-refractivity contribution in [3.05, 3.63) is 59.7 Å². The molecule has 0 aliphatic carbocycles. The second-order valence-electron chi connectivity index (χ2n) is 6.58. The first-order valence-electron chi connectivity index (χ1n) is 8.90. The van der Waals surface area contributed by atoms with E-state index < -0.39 is 0 Å². The molecule has 1 aliphatic heterocycles. The lowest BCUT2D eigenvalue weighted by Gasteiger charge is -2.39. The number of rotatable bonds is 4. The van der Waals surface area contributed by atoms with Crippen molar-refractivity contribution in [2.45, 2.75) is 26.8 Å². The van der Waals surface area contributed by atoms with Crippen LogP contribution in [0, 0.1) is 6.92 Å². The summed E-state index contributed by atoms with van der Waals surface area (Å²) < 4.78 is 5.41. The summed E-state index contributed by atoms with van der Waals surface area (Å²) in [6.45, 7) is 7.06. The van der Waals surface area contributed by atoms with Crippen LogP contribution in [0.1, 0.15) is 29.8 Å². The number of nitrogens with zero attached hydrogens (tertiary/aromatic N) is 2. The van der Waals surface area contributed by atoms with Gasteiger partial charge in [-0.05, 0) is 57.2 Å². The van der Waals surface area contributed by atoms with Crippen LogP contribution in [0.25, 0.3) is 0 Å². The topological polar surface area (TPSA) is 49.9 Å². The molecule has 1 aliphatic rings. The smallest absolute Gasteiger partial charge is 0.254 e. The minimum atomic E-state index is -0.127. The van der Waals surface area contributed by atoms with Crippen LogP contribution in [0.3, 0.4) is 0 Å². The van der Waals surface area contributed by atoms with Gasteiger partial charge in [-0.25, -0.2) is 0 Å². The van der Waals surface area contributed by atoms with Crippen molar-refractivity contribution in [3.63, 3.8) is 0 Å². The average Bonchev–Trinajstić information content (AvgIpc) is 2.64. The lowest BCUT2D eigenvalue weighted by molar-refractivity contribution is -0.121. The maximum Gasteiger partial charge on any atom is 0.254 e. The number of carbonyl (C=O) groups is 2. The summed E-state index contributed by atoms with van der Waals surface area (Å²) in [6.07, 6.45) is 0. The zero-order chi connectivity index (χ0) is 18.7. The van der Waals surface area contributed by atoms with E-state index in [-0.39, 0.29) is 24.4 Å². The standard InChI is InChI=1S/C21H24N2O3/c1-4-26-19-11-7-17(8-12-19)21(25)22-14-20(24)23(13-16(22)3)18-9-5-15(2)6-10-18/h5-12,16H,4,13-14H2,1-3H3/t16-/m0/s1. The molecule has 26 heavy (non-hydrogen) atoms. The molecule has 1 fully saturated rings. The number of ether oxygens (including phenoxy) is 1. The first-order valence-corrected chi connectivity index (χ1v) is 8.90. The maximum absolute atomic E-state index is 12.8. The fourth-order valence-electron chi connectivity index (χ4n) is 3.12. The number of hydrogen-bond acceptors (Lipinski definition) is 3. The van der Waals surface area contributed by atoms with Crippen LogP contribution >= 0.6 is 0 Å². The van der Waals surface area contributed by atoms with E-state index >= 15 is 0 Å². The molecule has 2 amide bonds. The van der Waals surface area contributed by atoms with Crippen molar-refractivity contribution in [1.82, 2.24) is 4.90 Å². The minimum Gasteiger partial charge on any atom is -0.494 e. The molecule has 0 bridgehead atoms. The fourth-order valence-corrected chi connectivity index (χ4v) is 3.12. The Hall–Kier alpha value is -2.82. The molecule has 136 valence electrons. The lowest BCUT2D eigenvalue weighted by atomic mass is 10.1. The Morgan fingerprint density at radius 1 is 1.12 bits per heavy atom. The van der Waals surface area contributed by atoms with Gasteiger partial charge in [0.05, 0.1) is 6.61 Å². The molecule has 5 nitrogen and oxygen atoms in total. The van der Waals surface area contributed by atoms with Gasteiger partial charge in [0.2, 0.25) is 5.91 Å². The molecular weight excluding hydrogens is 328 g/mol. The van der Waals surface area contributed by atoms with E-state index in [1.165, 1.54) is 0 Å². The molecule has 1 atom stereocenters. The molecule has 0 spiro atoms. The molecule has 1 heterocycles. The van der Waals surface area contributed by atoms with Crippen molar-refractivity contribution < 1.29 is 14.3 Å². The van der Waals surface area contributed by atoms with Crippen LogP contribution in [-0.4, -0.2) is 42.5 Å². The van der Waals surface area contributed by atoms with E-state index in [0.717, 1.165) is 17.0 Å². The van der Waals surface area contributed by atoms with Crippen LogP contribution in [0.5, 0.6) is 5.75 Å². The summed E-state index contributed by atoms with van der Waals surface area (Å²) >= 11 is 0. The molecule has 3 rings (SSSR count). The van der Waals surface area contributed by atoms with Crippen LogP contribution < -0.4 is 9.64 Å². The highest BCUT2D eigenvalue weighted by Crippen LogP contribution is 2.22. The number of amides is 2. The average molecular weight is 352 g/mol. The Bertz CT molecular complexity index is 784. The molecule has 0 aromatic heterocycles. The van der Waals surface area contributed by atoms with Crippen molar-refractivity contribution in [3.8, 4) is 5.75 Å². The van der Waals surface area contributed by atoms with E-state index in [1.54, 1.807) is 34.1 Å². The number of piperazine rings is 1. The molecule has 0 saturated carbocycles. The summed E-state index contributed by atoms with van der Waals surface area (Å²) in [5.74, 6) is 0.543. The highest BCUT2D eigenvalue weighted by Gasteiger charge is 2.33. The number of carbonyl (C=O) groups excluding carboxylic acids is 2. The molecular formula is C21H24N2O3. The first-order chi connectivity index (χ1) is 12.5. The summed E-state index contributed by atoms with van der Waals surface area (Å²) in [6, 6.07) is 14.9. The van der Waals surface area contributed by atoms with E-state index in [1.807, 2.05) is 45.0 Å². The third-order valence-electron chi connectivity index (χ3n) is 4.60. The number of anilines is 1. The van der Waals surface area contributed by atoms with Gasteiger partial charge in [0.15, 0.2) is 0 Å². The van der Waals surface area contributed by atoms with E-state index in [9.17, 15) is 9.59 Å². The van der Waals surface area contributed by atoms with Crippen LogP contribution in [0.4, 0.5) is 5.69 Å². The minimum absolute atomic E-state index is 0.0620. The van der Waals surface area contributed by atoms with Crippen molar-refractivity contribution in [2.75, 3.05) is 24.6 Å². The molecule has 5 heteroatoms. The van der Waals surface area contributed by atoms with Gasteiger partial charge in [0, 0.05) is 23.8 Å². The quantitative estimate of drug-likeness (QED) is 0.848. The highest BCUT2D eigenvalue weighted by atomic mass is 16.5. The Kier molecular flexibility index (Phi) is 5.26. The summed E-state index contributed by atoms with van der Waals surface area (Å²) in [4.78, 5) is 28.8. The second-order valence-corrected chi connectivity index (χ2v) is 6.58. The Balaban J connectivity index is 1.73. The summed E-state index contributed by atoms with van der Waals surface area (Å²) in [7, 11) is 0.